The van der Waals surface area contributed by atoms with Gasteiger partial charge in [-0.2, -0.15) is 0 Å². The lowest BCUT2D eigenvalue weighted by Gasteiger charge is -2.39. The van der Waals surface area contributed by atoms with Crippen molar-refractivity contribution in [2.45, 2.75) is 31.3 Å². The number of carboxylic acids is 1. The number of nitrogens with zero attached hydrogens (tertiary/aromatic N) is 1. The van der Waals surface area contributed by atoms with E-state index in [9.17, 15) is 9.90 Å². The second kappa shape index (κ2) is 6.98. The van der Waals surface area contributed by atoms with Gasteiger partial charge >= 0.3 is 5.97 Å². The molecule has 4 heteroatoms. The van der Waals surface area contributed by atoms with E-state index >= 15 is 0 Å². The second-order valence-electron chi connectivity index (χ2n) is 6.61. The molecule has 0 bridgehead atoms. The summed E-state index contributed by atoms with van der Waals surface area (Å²) in [5.74, 6) is -0.706. The van der Waals surface area contributed by atoms with Crippen molar-refractivity contribution in [1.29, 1.82) is 0 Å². The molecule has 3 nitrogen and oxygen atoms in total. The summed E-state index contributed by atoms with van der Waals surface area (Å²) < 4.78 is 0. The van der Waals surface area contributed by atoms with Gasteiger partial charge in [0.15, 0.2) is 0 Å². The first-order chi connectivity index (χ1) is 12.2. The molecule has 1 aliphatic rings. The summed E-state index contributed by atoms with van der Waals surface area (Å²) in [5.41, 5.74) is 1.18. The monoisotopic (exact) mass is 351 g/mol. The van der Waals surface area contributed by atoms with Crippen LogP contribution in [0.2, 0.25) is 0 Å². The van der Waals surface area contributed by atoms with Gasteiger partial charge in [0, 0.05) is 4.88 Å². The number of benzene rings is 2. The molecular formula is C21H21NO2S. The minimum atomic E-state index is -0.706. The fraction of sp³-hybridized carbons (Fsp3) is 0.286. The van der Waals surface area contributed by atoms with Crippen molar-refractivity contribution in [1.82, 2.24) is 4.90 Å². The Labute approximate surface area is 151 Å². The highest BCUT2D eigenvalue weighted by Crippen LogP contribution is 2.37. The molecule has 128 valence electrons. The summed E-state index contributed by atoms with van der Waals surface area (Å²) >= 11 is 1.70. The van der Waals surface area contributed by atoms with Gasteiger partial charge in [-0.15, -0.1) is 11.3 Å². The smallest absolute Gasteiger partial charge is 0.320 e. The Balaban J connectivity index is 1.81. The Morgan fingerprint density at radius 1 is 1.08 bits per heavy atom. The van der Waals surface area contributed by atoms with Crippen LogP contribution in [0.1, 0.15) is 35.7 Å². The van der Waals surface area contributed by atoms with E-state index in [4.69, 9.17) is 0 Å². The summed E-state index contributed by atoms with van der Waals surface area (Å²) in [6.07, 6.45) is 2.77. The molecule has 1 aromatic heterocycles. The van der Waals surface area contributed by atoms with Gasteiger partial charge in [-0.3, -0.25) is 9.69 Å². The molecule has 2 unspecified atom stereocenters. The average Bonchev–Trinajstić information content (AvgIpc) is 3.16. The van der Waals surface area contributed by atoms with Crippen LogP contribution in [0.15, 0.2) is 60.0 Å². The molecule has 1 N–H and O–H groups in total. The minimum absolute atomic E-state index is 0.00556. The third-order valence-corrected chi connectivity index (χ3v) is 5.99. The van der Waals surface area contributed by atoms with Crippen LogP contribution in [0.5, 0.6) is 0 Å². The Hall–Kier alpha value is -2.17. The van der Waals surface area contributed by atoms with E-state index in [1.165, 1.54) is 21.2 Å². The summed E-state index contributed by atoms with van der Waals surface area (Å²) in [4.78, 5) is 15.2. The topological polar surface area (TPSA) is 40.5 Å². The van der Waals surface area contributed by atoms with Crippen molar-refractivity contribution in [2.24, 2.45) is 0 Å². The van der Waals surface area contributed by atoms with Gasteiger partial charge in [0.1, 0.15) is 6.04 Å². The maximum Gasteiger partial charge on any atom is 0.320 e. The minimum Gasteiger partial charge on any atom is -0.480 e. The van der Waals surface area contributed by atoms with Crippen LogP contribution in [0.25, 0.3) is 10.8 Å². The van der Waals surface area contributed by atoms with Crippen molar-refractivity contribution in [3.63, 3.8) is 0 Å². The van der Waals surface area contributed by atoms with Crippen molar-refractivity contribution in [2.75, 3.05) is 6.54 Å². The van der Waals surface area contributed by atoms with Gasteiger partial charge < -0.3 is 5.11 Å². The van der Waals surface area contributed by atoms with Crippen molar-refractivity contribution < 1.29 is 9.90 Å². The van der Waals surface area contributed by atoms with Gasteiger partial charge in [-0.1, -0.05) is 48.9 Å². The van der Waals surface area contributed by atoms with E-state index in [1.54, 1.807) is 11.3 Å². The first kappa shape index (κ1) is 16.3. The van der Waals surface area contributed by atoms with E-state index in [0.717, 1.165) is 25.8 Å². The Morgan fingerprint density at radius 3 is 2.68 bits per heavy atom. The predicted molar refractivity (Wildman–Crippen MR) is 102 cm³/mol. The molecule has 4 rings (SSSR count). The summed E-state index contributed by atoms with van der Waals surface area (Å²) in [7, 11) is 0. The molecule has 0 saturated carbocycles. The van der Waals surface area contributed by atoms with E-state index in [0.29, 0.717) is 0 Å². The molecule has 0 radical (unpaired) electrons. The van der Waals surface area contributed by atoms with Crippen molar-refractivity contribution >= 4 is 28.1 Å². The average molecular weight is 351 g/mol. The maximum absolute atomic E-state index is 11.8. The number of fused-ring (bicyclic) bond motifs is 1. The van der Waals surface area contributed by atoms with Crippen LogP contribution >= 0.6 is 11.3 Å². The normalized spacial score (nSPS) is 19.8. The zero-order valence-electron chi connectivity index (χ0n) is 14.0. The molecule has 1 saturated heterocycles. The van der Waals surface area contributed by atoms with Crippen LogP contribution in [-0.2, 0) is 4.79 Å². The van der Waals surface area contributed by atoms with Gasteiger partial charge in [0.25, 0.3) is 0 Å². The van der Waals surface area contributed by atoms with Crippen LogP contribution in [0.3, 0.4) is 0 Å². The zero-order chi connectivity index (χ0) is 17.2. The SMILES string of the molecule is O=C(O)C1CCCCN1C(c1ccc2ccccc2c1)c1cccs1. The Bertz CT molecular complexity index is 874. The third-order valence-electron chi connectivity index (χ3n) is 5.06. The van der Waals surface area contributed by atoms with E-state index in [-0.39, 0.29) is 6.04 Å². The van der Waals surface area contributed by atoms with E-state index in [1.807, 2.05) is 18.2 Å². The first-order valence-corrected chi connectivity index (χ1v) is 9.62. The lowest BCUT2D eigenvalue weighted by atomic mass is 9.94. The molecule has 3 aromatic rings. The Kier molecular flexibility index (Phi) is 4.55. The number of hydrogen-bond donors (Lipinski definition) is 1. The number of rotatable bonds is 4. The highest BCUT2D eigenvalue weighted by Gasteiger charge is 2.35. The highest BCUT2D eigenvalue weighted by molar-refractivity contribution is 7.10. The molecule has 0 amide bonds. The Morgan fingerprint density at radius 2 is 1.92 bits per heavy atom. The largest absolute Gasteiger partial charge is 0.480 e. The summed E-state index contributed by atoms with van der Waals surface area (Å²) in [6, 6.07) is 18.6. The van der Waals surface area contributed by atoms with Crippen LogP contribution in [-0.4, -0.2) is 28.6 Å². The molecule has 2 aromatic carbocycles. The molecule has 1 fully saturated rings. The number of aliphatic carboxylic acids is 1. The quantitative estimate of drug-likeness (QED) is 0.724. The summed E-state index contributed by atoms with van der Waals surface area (Å²) in [6.45, 7) is 0.826. The van der Waals surface area contributed by atoms with Crippen molar-refractivity contribution in [3.8, 4) is 0 Å². The third kappa shape index (κ3) is 3.20. The maximum atomic E-state index is 11.8. The lowest BCUT2D eigenvalue weighted by molar-refractivity contribution is -0.145. The number of carboxylic acid groups (broad SMARTS) is 1. The number of likely N-dealkylation sites (tertiary alicyclic amines) is 1. The molecule has 25 heavy (non-hydrogen) atoms. The number of hydrogen-bond acceptors (Lipinski definition) is 3. The van der Waals surface area contributed by atoms with E-state index in [2.05, 4.69) is 46.7 Å². The van der Waals surface area contributed by atoms with Crippen LogP contribution in [0, 0.1) is 0 Å². The fourth-order valence-electron chi connectivity index (χ4n) is 3.87. The second-order valence-corrected chi connectivity index (χ2v) is 7.59. The van der Waals surface area contributed by atoms with Crippen molar-refractivity contribution in [3.05, 3.63) is 70.4 Å². The van der Waals surface area contributed by atoms with Gasteiger partial charge in [-0.25, -0.2) is 0 Å². The van der Waals surface area contributed by atoms with Crippen LogP contribution < -0.4 is 0 Å². The van der Waals surface area contributed by atoms with Gasteiger partial charge in [0.05, 0.1) is 6.04 Å². The molecule has 2 heterocycles. The number of carbonyl (C=O) groups is 1. The fourth-order valence-corrected chi connectivity index (χ4v) is 4.74. The van der Waals surface area contributed by atoms with E-state index < -0.39 is 12.0 Å². The standard InChI is InChI=1S/C21H21NO2S/c23-21(24)18-8-3-4-12-22(18)20(19-9-5-13-25-19)17-11-10-15-6-1-2-7-16(15)14-17/h1-2,5-7,9-11,13-14,18,20H,3-4,8,12H2,(H,23,24). The molecule has 0 spiro atoms. The number of thiophene rings is 1. The molecule has 1 aliphatic heterocycles. The lowest BCUT2D eigenvalue weighted by Crippen LogP contribution is -2.46. The predicted octanol–water partition coefficient (Wildman–Crippen LogP) is 4.93. The molecule has 0 aliphatic carbocycles. The van der Waals surface area contributed by atoms with Gasteiger partial charge in [-0.05, 0) is 53.2 Å². The summed E-state index contributed by atoms with van der Waals surface area (Å²) in [5, 5.41) is 14.2. The highest BCUT2D eigenvalue weighted by atomic mass is 32.1. The number of piperidine rings is 1. The molecular weight excluding hydrogens is 330 g/mol. The first-order valence-electron chi connectivity index (χ1n) is 8.75. The van der Waals surface area contributed by atoms with Gasteiger partial charge in [0.2, 0.25) is 0 Å². The molecule has 2 atom stereocenters. The zero-order valence-corrected chi connectivity index (χ0v) is 14.8. The van der Waals surface area contributed by atoms with Crippen LogP contribution in [0.4, 0.5) is 0 Å².